The minimum atomic E-state index is -4.56. The van der Waals surface area contributed by atoms with Crippen LogP contribution in [0.25, 0.3) is 0 Å². The van der Waals surface area contributed by atoms with Crippen LogP contribution in [-0.4, -0.2) is 19.1 Å². The number of hydrogen-bond donors (Lipinski definition) is 0. The monoisotopic (exact) mass is 372 g/mol. The van der Waals surface area contributed by atoms with E-state index in [-0.39, 0.29) is 30.5 Å². The summed E-state index contributed by atoms with van der Waals surface area (Å²) < 4.78 is 45.1. The van der Waals surface area contributed by atoms with E-state index in [0.717, 1.165) is 11.6 Å². The van der Waals surface area contributed by atoms with Crippen LogP contribution in [0.4, 0.5) is 18.9 Å². The van der Waals surface area contributed by atoms with Gasteiger partial charge in [0, 0.05) is 0 Å². The summed E-state index contributed by atoms with van der Waals surface area (Å²) in [6.45, 7) is 0.187. The first-order valence-electron chi connectivity index (χ1n) is 8.52. The summed E-state index contributed by atoms with van der Waals surface area (Å²) in [6, 6.07) is 12.6. The first kappa shape index (κ1) is 17.4. The maximum Gasteiger partial charge on any atom is 0.420 e. The number of fused-ring (bicyclic) bond motifs is 1. The molecule has 1 saturated carbocycles. The molecule has 2 aromatic carbocycles. The van der Waals surface area contributed by atoms with Gasteiger partial charge in [-0.05, 0) is 42.7 Å². The third-order valence-corrected chi connectivity index (χ3v) is 5.10. The molecule has 0 spiro atoms. The van der Waals surface area contributed by atoms with Gasteiger partial charge in [-0.3, -0.25) is 4.79 Å². The van der Waals surface area contributed by atoms with E-state index in [9.17, 15) is 18.0 Å². The molecule has 138 valence electrons. The average molecular weight is 372 g/mol. The van der Waals surface area contributed by atoms with Crippen LogP contribution >= 0.6 is 0 Å². The normalized spacial score (nSPS) is 17.5. The number of hydrogen-bond acceptors (Lipinski definition) is 3. The van der Waals surface area contributed by atoms with Crippen LogP contribution < -0.4 is 9.64 Å². The van der Waals surface area contributed by atoms with Crippen molar-refractivity contribution in [3.63, 3.8) is 0 Å². The van der Waals surface area contributed by atoms with E-state index in [0.29, 0.717) is 18.4 Å². The van der Waals surface area contributed by atoms with Crippen LogP contribution in [0.1, 0.15) is 29.5 Å². The number of para-hydroxylation sites is 1. The molecule has 0 atom stereocenters. The lowest BCUT2D eigenvalue weighted by Crippen LogP contribution is -2.44. The molecule has 1 aliphatic carbocycles. The van der Waals surface area contributed by atoms with Crippen molar-refractivity contribution in [2.45, 2.75) is 24.4 Å². The van der Waals surface area contributed by atoms with Crippen molar-refractivity contribution < 1.29 is 22.7 Å². The highest BCUT2D eigenvalue weighted by Crippen LogP contribution is 2.52. The Morgan fingerprint density at radius 2 is 1.93 bits per heavy atom. The highest BCUT2D eigenvalue weighted by atomic mass is 19.4. The van der Waals surface area contributed by atoms with E-state index in [1.54, 1.807) is 24.3 Å². The molecule has 0 N–H and O–H groups in total. The lowest BCUT2D eigenvalue weighted by Gasteiger charge is -2.33. The quantitative estimate of drug-likeness (QED) is 0.800. The van der Waals surface area contributed by atoms with Crippen molar-refractivity contribution in [1.29, 1.82) is 5.26 Å². The largest absolute Gasteiger partial charge is 0.489 e. The van der Waals surface area contributed by atoms with Gasteiger partial charge in [0.2, 0.25) is 5.91 Å². The topological polar surface area (TPSA) is 53.3 Å². The Bertz CT molecular complexity index is 958. The number of carbonyl (C=O) groups is 1. The molecule has 2 aliphatic rings. The molecular weight excluding hydrogens is 357 g/mol. The predicted molar refractivity (Wildman–Crippen MR) is 91.4 cm³/mol. The molecule has 1 fully saturated rings. The SMILES string of the molecule is N#Cc1cccc(C2(C(=O)N3CCOc4c3cccc4C(F)(F)F)CC2)c1. The maximum atomic E-state index is 13.3. The average Bonchev–Trinajstić information content (AvgIpc) is 3.48. The van der Waals surface area contributed by atoms with Gasteiger partial charge in [0.1, 0.15) is 6.61 Å². The summed E-state index contributed by atoms with van der Waals surface area (Å²) in [5, 5.41) is 9.10. The van der Waals surface area contributed by atoms with Crippen molar-refractivity contribution >= 4 is 11.6 Å². The zero-order valence-electron chi connectivity index (χ0n) is 14.2. The fourth-order valence-corrected chi connectivity index (χ4v) is 3.58. The predicted octanol–water partition coefficient (Wildman–Crippen LogP) is 4.03. The molecule has 1 heterocycles. The molecule has 0 saturated heterocycles. The van der Waals surface area contributed by atoms with E-state index in [4.69, 9.17) is 10.00 Å². The van der Waals surface area contributed by atoms with Crippen molar-refractivity contribution in [3.8, 4) is 11.8 Å². The number of rotatable bonds is 2. The van der Waals surface area contributed by atoms with Gasteiger partial charge in [0.15, 0.2) is 5.75 Å². The molecule has 0 unspecified atom stereocenters. The van der Waals surface area contributed by atoms with Gasteiger partial charge >= 0.3 is 6.18 Å². The molecule has 0 aromatic heterocycles. The lowest BCUT2D eigenvalue weighted by molar-refractivity contribution is -0.139. The smallest absolute Gasteiger partial charge is 0.420 e. The van der Waals surface area contributed by atoms with Crippen molar-refractivity contribution in [1.82, 2.24) is 0 Å². The van der Waals surface area contributed by atoms with Crippen molar-refractivity contribution in [3.05, 3.63) is 59.2 Å². The van der Waals surface area contributed by atoms with Gasteiger partial charge < -0.3 is 9.64 Å². The second-order valence-electron chi connectivity index (χ2n) is 6.73. The first-order valence-corrected chi connectivity index (χ1v) is 8.52. The number of alkyl halides is 3. The zero-order chi connectivity index (χ0) is 19.2. The minimum absolute atomic E-state index is 0.000147. The summed E-state index contributed by atoms with van der Waals surface area (Å²) in [4.78, 5) is 14.7. The Balaban J connectivity index is 1.74. The van der Waals surface area contributed by atoms with Crippen molar-refractivity contribution in [2.24, 2.45) is 0 Å². The van der Waals surface area contributed by atoms with Gasteiger partial charge in [0.25, 0.3) is 0 Å². The Hall–Kier alpha value is -3.01. The number of amides is 1. The van der Waals surface area contributed by atoms with Crippen molar-refractivity contribution in [2.75, 3.05) is 18.1 Å². The zero-order valence-corrected chi connectivity index (χ0v) is 14.2. The van der Waals surface area contributed by atoms with Crippen LogP contribution in [0.5, 0.6) is 5.75 Å². The van der Waals surface area contributed by atoms with Gasteiger partial charge in [-0.1, -0.05) is 18.2 Å². The molecule has 2 aromatic rings. The first-order chi connectivity index (χ1) is 12.9. The minimum Gasteiger partial charge on any atom is -0.489 e. The third-order valence-electron chi connectivity index (χ3n) is 5.10. The van der Waals surface area contributed by atoms with E-state index in [1.807, 2.05) is 0 Å². The summed E-state index contributed by atoms with van der Waals surface area (Å²) >= 11 is 0. The molecule has 4 rings (SSSR count). The van der Waals surface area contributed by atoms with E-state index >= 15 is 0 Å². The summed E-state index contributed by atoms with van der Waals surface area (Å²) in [5.74, 6) is -0.548. The molecule has 7 heteroatoms. The Kier molecular flexibility index (Phi) is 3.88. The second-order valence-corrected chi connectivity index (χ2v) is 6.73. The van der Waals surface area contributed by atoms with Crippen LogP contribution in [0.2, 0.25) is 0 Å². The molecule has 1 aliphatic heterocycles. The number of ether oxygens (including phenoxy) is 1. The van der Waals surface area contributed by atoms with Gasteiger partial charge in [-0.25, -0.2) is 0 Å². The van der Waals surface area contributed by atoms with E-state index in [1.165, 1.54) is 17.0 Å². The molecule has 4 nitrogen and oxygen atoms in total. The number of anilines is 1. The third kappa shape index (κ3) is 2.81. The van der Waals surface area contributed by atoms with Crippen LogP contribution in [-0.2, 0) is 16.4 Å². The fourth-order valence-electron chi connectivity index (χ4n) is 3.58. The van der Waals surface area contributed by atoms with Gasteiger partial charge in [0.05, 0.1) is 34.8 Å². The highest BCUT2D eigenvalue weighted by molar-refractivity contribution is 6.04. The molecular formula is C20H15F3N2O2. The van der Waals surface area contributed by atoms with E-state index < -0.39 is 17.2 Å². The number of nitriles is 1. The summed E-state index contributed by atoms with van der Waals surface area (Å²) in [6.07, 6.45) is -3.35. The maximum absolute atomic E-state index is 13.3. The molecule has 0 radical (unpaired) electrons. The standard InChI is InChI=1S/C20H15F3N2O2/c21-20(22,23)15-5-2-6-16-17(15)27-10-9-25(16)18(26)19(7-8-19)14-4-1-3-13(11-14)12-24/h1-6,11H,7-10H2. The molecule has 27 heavy (non-hydrogen) atoms. The fraction of sp³-hybridized carbons (Fsp3) is 0.300. The Morgan fingerprint density at radius 3 is 2.59 bits per heavy atom. The van der Waals surface area contributed by atoms with Crippen LogP contribution in [0.15, 0.2) is 42.5 Å². The molecule has 0 bridgehead atoms. The summed E-state index contributed by atoms with van der Waals surface area (Å²) in [7, 11) is 0. The molecule has 1 amide bonds. The number of carbonyl (C=O) groups excluding carboxylic acids is 1. The van der Waals surface area contributed by atoms with Crippen LogP contribution in [0.3, 0.4) is 0 Å². The Labute approximate surface area is 153 Å². The number of halogens is 3. The number of nitrogens with zero attached hydrogens (tertiary/aromatic N) is 2. The van der Waals surface area contributed by atoms with Crippen LogP contribution in [0, 0.1) is 11.3 Å². The van der Waals surface area contributed by atoms with Gasteiger partial charge in [-0.2, -0.15) is 18.4 Å². The van der Waals surface area contributed by atoms with Gasteiger partial charge in [-0.15, -0.1) is 0 Å². The number of benzene rings is 2. The Morgan fingerprint density at radius 1 is 1.19 bits per heavy atom. The summed E-state index contributed by atoms with van der Waals surface area (Å²) in [5.41, 5.74) is -0.340. The van der Waals surface area contributed by atoms with E-state index in [2.05, 4.69) is 6.07 Å². The highest BCUT2D eigenvalue weighted by Gasteiger charge is 2.54. The second kappa shape index (κ2) is 6.02. The lowest BCUT2D eigenvalue weighted by atomic mass is 9.92.